The fourth-order valence-electron chi connectivity index (χ4n) is 3.10. The second-order valence-corrected chi connectivity index (χ2v) is 8.13. The minimum atomic E-state index is -0.718. The molecule has 1 saturated heterocycles. The van der Waals surface area contributed by atoms with Gasteiger partial charge in [0, 0.05) is 5.69 Å². The van der Waals surface area contributed by atoms with Gasteiger partial charge < -0.3 is 14.8 Å². The number of amides is 3. The van der Waals surface area contributed by atoms with E-state index in [-0.39, 0.29) is 27.7 Å². The summed E-state index contributed by atoms with van der Waals surface area (Å²) < 4.78 is 10.3. The summed E-state index contributed by atoms with van der Waals surface area (Å²) in [6.07, 6.45) is 1.23. The number of hydrogen-bond donors (Lipinski definition) is 1. The van der Waals surface area contributed by atoms with Crippen LogP contribution in [0.15, 0.2) is 35.2 Å². The predicted octanol–water partition coefficient (Wildman–Crippen LogP) is 3.90. The monoisotopic (exact) mass is 471 g/mol. The number of carbonyl (C=O) groups excluding carboxylic acids is 3. The lowest BCUT2D eigenvalue weighted by molar-refractivity contribution is -0.385. The van der Waals surface area contributed by atoms with Crippen LogP contribution in [-0.2, 0) is 9.59 Å². The zero-order chi connectivity index (χ0) is 24.3. The molecular weight excluding hydrogens is 450 g/mol. The molecule has 0 bridgehead atoms. The largest absolute Gasteiger partial charge is 0.493 e. The highest BCUT2D eigenvalue weighted by molar-refractivity contribution is 8.18. The van der Waals surface area contributed by atoms with E-state index in [2.05, 4.69) is 5.32 Å². The van der Waals surface area contributed by atoms with Crippen molar-refractivity contribution in [2.45, 2.75) is 13.8 Å². The van der Waals surface area contributed by atoms with Crippen molar-refractivity contribution in [1.29, 1.82) is 0 Å². The fraction of sp³-hybridized carbons (Fsp3) is 0.227. The Morgan fingerprint density at radius 3 is 2.39 bits per heavy atom. The van der Waals surface area contributed by atoms with Gasteiger partial charge in [0.05, 0.1) is 35.7 Å². The van der Waals surface area contributed by atoms with Crippen LogP contribution in [0, 0.1) is 24.0 Å². The van der Waals surface area contributed by atoms with Crippen molar-refractivity contribution in [3.05, 3.63) is 62.0 Å². The van der Waals surface area contributed by atoms with Gasteiger partial charge in [0.25, 0.3) is 16.8 Å². The number of hydrogen-bond acceptors (Lipinski definition) is 8. The first kappa shape index (κ1) is 23.8. The van der Waals surface area contributed by atoms with Gasteiger partial charge >= 0.3 is 0 Å². The van der Waals surface area contributed by atoms with Crippen LogP contribution in [0.5, 0.6) is 11.5 Å². The number of ether oxygens (including phenoxy) is 2. The van der Waals surface area contributed by atoms with Crippen LogP contribution in [0.25, 0.3) is 6.08 Å². The molecule has 2 aromatic carbocycles. The molecule has 33 heavy (non-hydrogen) atoms. The van der Waals surface area contributed by atoms with E-state index in [0.717, 1.165) is 16.0 Å². The Bertz CT molecular complexity index is 1190. The van der Waals surface area contributed by atoms with Gasteiger partial charge in [-0.3, -0.25) is 29.4 Å². The molecule has 0 atom stereocenters. The van der Waals surface area contributed by atoms with Crippen molar-refractivity contribution in [3.63, 3.8) is 0 Å². The van der Waals surface area contributed by atoms with Gasteiger partial charge in [0.1, 0.15) is 6.54 Å². The molecule has 1 heterocycles. The molecule has 11 heteroatoms. The standard InChI is InChI=1S/C22H21N3O7S/c1-12-5-6-15(7-13(12)2)23-20(26)11-24-21(27)19(33-22(24)28)9-14-8-17(31-3)18(32-4)10-16(14)25(29)30/h5-10H,11H2,1-4H3,(H,23,26)/b19-9+. The number of methoxy groups -OCH3 is 2. The summed E-state index contributed by atoms with van der Waals surface area (Å²) in [5.74, 6) is -0.887. The third-order valence-corrected chi connectivity index (χ3v) is 5.89. The van der Waals surface area contributed by atoms with E-state index in [4.69, 9.17) is 9.47 Å². The van der Waals surface area contributed by atoms with Crippen LogP contribution in [0.1, 0.15) is 16.7 Å². The minimum Gasteiger partial charge on any atom is -0.493 e. The first-order valence-electron chi connectivity index (χ1n) is 9.67. The predicted molar refractivity (Wildman–Crippen MR) is 123 cm³/mol. The number of carbonyl (C=O) groups is 3. The number of anilines is 1. The van der Waals surface area contributed by atoms with E-state index in [0.29, 0.717) is 17.4 Å². The maximum atomic E-state index is 12.8. The second-order valence-electron chi connectivity index (χ2n) is 7.14. The normalized spacial score (nSPS) is 14.5. The summed E-state index contributed by atoms with van der Waals surface area (Å²) in [5, 5.41) is 13.5. The van der Waals surface area contributed by atoms with Crippen LogP contribution < -0.4 is 14.8 Å². The highest BCUT2D eigenvalue weighted by atomic mass is 32.2. The third kappa shape index (κ3) is 5.14. The Hall–Kier alpha value is -3.86. The number of thioether (sulfide) groups is 1. The van der Waals surface area contributed by atoms with E-state index in [1.54, 1.807) is 12.1 Å². The van der Waals surface area contributed by atoms with Crippen molar-refractivity contribution in [1.82, 2.24) is 4.90 Å². The lowest BCUT2D eigenvalue weighted by atomic mass is 10.1. The number of nitrogens with one attached hydrogen (secondary N) is 1. The number of aryl methyl sites for hydroxylation is 2. The van der Waals surface area contributed by atoms with E-state index in [9.17, 15) is 24.5 Å². The molecule has 0 aliphatic carbocycles. The zero-order valence-corrected chi connectivity index (χ0v) is 19.1. The van der Waals surface area contributed by atoms with Gasteiger partial charge in [-0.05, 0) is 61.0 Å². The smallest absolute Gasteiger partial charge is 0.294 e. The SMILES string of the molecule is COc1cc(/C=C2/SC(=O)N(CC(=O)Nc3ccc(C)c(C)c3)C2=O)c([N+](=O)[O-])cc1OC. The molecule has 1 N–H and O–H groups in total. The second kappa shape index (κ2) is 9.74. The number of nitrogens with zero attached hydrogens (tertiary/aromatic N) is 2. The van der Waals surface area contributed by atoms with E-state index < -0.39 is 28.5 Å². The number of benzene rings is 2. The highest BCUT2D eigenvalue weighted by Gasteiger charge is 2.37. The molecule has 0 saturated carbocycles. The first-order chi connectivity index (χ1) is 15.6. The van der Waals surface area contributed by atoms with Gasteiger partial charge in [0.15, 0.2) is 11.5 Å². The number of nitro benzene ring substituents is 1. The molecule has 1 aliphatic rings. The van der Waals surface area contributed by atoms with Crippen molar-refractivity contribution in [2.24, 2.45) is 0 Å². The Kier molecular flexibility index (Phi) is 7.02. The molecular formula is C22H21N3O7S. The lowest BCUT2D eigenvalue weighted by Crippen LogP contribution is -2.36. The molecule has 3 rings (SSSR count). The Balaban J connectivity index is 1.83. The maximum absolute atomic E-state index is 12.8. The summed E-state index contributed by atoms with van der Waals surface area (Å²) in [7, 11) is 2.71. The Morgan fingerprint density at radius 1 is 1.12 bits per heavy atom. The number of imide groups is 1. The van der Waals surface area contributed by atoms with E-state index in [1.807, 2.05) is 19.9 Å². The fourth-order valence-corrected chi connectivity index (χ4v) is 3.93. The van der Waals surface area contributed by atoms with Crippen molar-refractivity contribution in [2.75, 3.05) is 26.1 Å². The van der Waals surface area contributed by atoms with Crippen LogP contribution in [0.4, 0.5) is 16.2 Å². The average Bonchev–Trinajstić information content (AvgIpc) is 3.03. The molecule has 10 nitrogen and oxygen atoms in total. The lowest BCUT2D eigenvalue weighted by Gasteiger charge is -2.13. The first-order valence-corrected chi connectivity index (χ1v) is 10.5. The van der Waals surface area contributed by atoms with Gasteiger partial charge in [-0.25, -0.2) is 0 Å². The maximum Gasteiger partial charge on any atom is 0.294 e. The van der Waals surface area contributed by atoms with Crippen molar-refractivity contribution < 1.29 is 28.8 Å². The molecule has 0 aromatic heterocycles. The van der Waals surface area contributed by atoms with Crippen molar-refractivity contribution >= 4 is 46.3 Å². The average molecular weight is 471 g/mol. The Morgan fingerprint density at radius 2 is 1.79 bits per heavy atom. The van der Waals surface area contributed by atoms with Gasteiger partial charge in [-0.1, -0.05) is 6.07 Å². The zero-order valence-electron chi connectivity index (χ0n) is 18.3. The quantitative estimate of drug-likeness (QED) is 0.366. The molecule has 2 aromatic rings. The summed E-state index contributed by atoms with van der Waals surface area (Å²) in [4.78, 5) is 49.2. The molecule has 1 aliphatic heterocycles. The molecule has 0 radical (unpaired) electrons. The molecule has 1 fully saturated rings. The summed E-state index contributed by atoms with van der Waals surface area (Å²) >= 11 is 0.597. The van der Waals surface area contributed by atoms with Crippen molar-refractivity contribution in [3.8, 4) is 11.5 Å². The molecule has 0 spiro atoms. The Labute approximate surface area is 193 Å². The molecule has 172 valence electrons. The van der Waals surface area contributed by atoms with Crippen LogP contribution >= 0.6 is 11.8 Å². The summed E-state index contributed by atoms with van der Waals surface area (Å²) in [5.41, 5.74) is 2.33. The van der Waals surface area contributed by atoms with Crippen LogP contribution in [-0.4, -0.2) is 47.6 Å². The van der Waals surface area contributed by atoms with E-state index >= 15 is 0 Å². The minimum absolute atomic E-state index is 0.0469. The number of rotatable bonds is 7. The topological polar surface area (TPSA) is 128 Å². The third-order valence-electron chi connectivity index (χ3n) is 4.98. The summed E-state index contributed by atoms with van der Waals surface area (Å²) in [6.45, 7) is 3.36. The van der Waals surface area contributed by atoms with Gasteiger partial charge in [0.2, 0.25) is 5.91 Å². The molecule has 0 unspecified atom stereocenters. The van der Waals surface area contributed by atoms with Crippen LogP contribution in [0.2, 0.25) is 0 Å². The van der Waals surface area contributed by atoms with Crippen LogP contribution in [0.3, 0.4) is 0 Å². The highest BCUT2D eigenvalue weighted by Crippen LogP contribution is 2.38. The van der Waals surface area contributed by atoms with E-state index in [1.165, 1.54) is 32.4 Å². The van der Waals surface area contributed by atoms with Gasteiger partial charge in [-0.15, -0.1) is 0 Å². The molecule has 3 amide bonds. The summed E-state index contributed by atoms with van der Waals surface area (Å²) in [6, 6.07) is 7.88. The van der Waals surface area contributed by atoms with Gasteiger partial charge in [-0.2, -0.15) is 0 Å². The number of nitro groups is 1.